The molecule has 0 heterocycles. The Hall–Kier alpha value is -1.77. The third-order valence-electron chi connectivity index (χ3n) is 5.25. The van der Waals surface area contributed by atoms with Crippen LogP contribution in [0.2, 0.25) is 0 Å². The van der Waals surface area contributed by atoms with Crippen molar-refractivity contribution in [3.63, 3.8) is 0 Å². The highest BCUT2D eigenvalue weighted by molar-refractivity contribution is 5.92. The van der Waals surface area contributed by atoms with Gasteiger partial charge >= 0.3 is 0 Å². The Bertz CT molecular complexity index is 748. The van der Waals surface area contributed by atoms with Crippen molar-refractivity contribution in [2.75, 3.05) is 26.2 Å². The van der Waals surface area contributed by atoms with Crippen LogP contribution in [0.4, 0.5) is 0 Å². The van der Waals surface area contributed by atoms with E-state index in [0.29, 0.717) is 11.8 Å². The van der Waals surface area contributed by atoms with E-state index in [1.54, 1.807) is 0 Å². The summed E-state index contributed by atoms with van der Waals surface area (Å²) < 4.78 is 6.09. The predicted molar refractivity (Wildman–Crippen MR) is 130 cm³/mol. The smallest absolute Gasteiger partial charge is 0.119 e. The zero-order valence-corrected chi connectivity index (χ0v) is 19.8. The van der Waals surface area contributed by atoms with Gasteiger partial charge in [-0.05, 0) is 59.3 Å². The number of benzene rings is 2. The molecule has 0 saturated heterocycles. The number of rotatable bonds is 10. The van der Waals surface area contributed by atoms with Crippen LogP contribution in [0.5, 0.6) is 5.75 Å². The highest BCUT2D eigenvalue weighted by atomic mass is 35.5. The Morgan fingerprint density at radius 1 is 0.793 bits per heavy atom. The van der Waals surface area contributed by atoms with Gasteiger partial charge in [0.25, 0.3) is 0 Å². The first kappa shape index (κ1) is 25.3. The molecule has 2 rings (SSSR count). The molecule has 2 nitrogen and oxygen atoms in total. The Morgan fingerprint density at radius 3 is 1.90 bits per heavy atom. The molecular weight excluding hydrogens is 378 g/mol. The zero-order chi connectivity index (χ0) is 20.5. The number of likely N-dealkylation sites (N-methyl/N-ethyl adjacent to an activating group) is 1. The molecule has 0 aliphatic rings. The van der Waals surface area contributed by atoms with Gasteiger partial charge in [-0.15, -0.1) is 12.4 Å². The molecule has 0 aliphatic heterocycles. The van der Waals surface area contributed by atoms with Crippen LogP contribution in [-0.2, 0) is 0 Å². The summed E-state index contributed by atoms with van der Waals surface area (Å²) in [7, 11) is 0. The largest absolute Gasteiger partial charge is 0.492 e. The zero-order valence-electron chi connectivity index (χ0n) is 18.9. The van der Waals surface area contributed by atoms with E-state index in [4.69, 9.17) is 4.74 Å². The van der Waals surface area contributed by atoms with Crippen molar-refractivity contribution in [1.82, 2.24) is 4.90 Å². The molecule has 0 amide bonds. The molecule has 3 heteroatoms. The molecule has 2 aromatic rings. The van der Waals surface area contributed by atoms with Crippen molar-refractivity contribution in [3.05, 3.63) is 65.7 Å². The minimum atomic E-state index is 0. The van der Waals surface area contributed by atoms with Crippen LogP contribution in [0, 0.1) is 11.8 Å². The van der Waals surface area contributed by atoms with Crippen LogP contribution >= 0.6 is 12.4 Å². The molecule has 0 aromatic heterocycles. The molecule has 0 aliphatic carbocycles. The van der Waals surface area contributed by atoms with E-state index in [2.05, 4.69) is 101 Å². The lowest BCUT2D eigenvalue weighted by atomic mass is 9.82. The minimum Gasteiger partial charge on any atom is -0.492 e. The minimum absolute atomic E-state index is 0. The van der Waals surface area contributed by atoms with Gasteiger partial charge in [0.2, 0.25) is 0 Å². The topological polar surface area (TPSA) is 12.5 Å². The maximum Gasteiger partial charge on any atom is 0.119 e. The van der Waals surface area contributed by atoms with Crippen molar-refractivity contribution in [3.8, 4) is 5.75 Å². The number of hydrogen-bond donors (Lipinski definition) is 0. The van der Waals surface area contributed by atoms with Crippen molar-refractivity contribution in [1.29, 1.82) is 0 Å². The molecule has 0 bridgehead atoms. The van der Waals surface area contributed by atoms with E-state index < -0.39 is 0 Å². The molecule has 0 N–H and O–H groups in total. The molecule has 29 heavy (non-hydrogen) atoms. The first-order valence-corrected chi connectivity index (χ1v) is 10.7. The summed E-state index contributed by atoms with van der Waals surface area (Å²) in [4.78, 5) is 2.38. The SMILES string of the molecule is CCN(CC)CCOc1cccc(/C(=C(/c2ccccc2)C(C)C)C(C)C)c1.Cl. The van der Waals surface area contributed by atoms with Gasteiger partial charge in [-0.2, -0.15) is 0 Å². The molecule has 0 radical (unpaired) electrons. The molecule has 0 saturated carbocycles. The van der Waals surface area contributed by atoms with Crippen LogP contribution in [0.1, 0.15) is 52.7 Å². The second kappa shape index (κ2) is 12.7. The molecule has 0 spiro atoms. The second-order valence-corrected chi connectivity index (χ2v) is 7.91. The molecular formula is C26H38ClNO. The lowest BCUT2D eigenvalue weighted by Gasteiger charge is -2.23. The summed E-state index contributed by atoms with van der Waals surface area (Å²) in [5, 5.41) is 0. The van der Waals surface area contributed by atoms with Gasteiger partial charge in [-0.3, -0.25) is 0 Å². The standard InChI is InChI=1S/C26H37NO.ClH/c1-7-27(8-2)17-18-28-24-16-12-15-23(19-24)26(21(5)6)25(20(3)4)22-13-10-9-11-14-22;/h9-16,19-21H,7-8,17-18H2,1-6H3;1H/b26-25+;. The summed E-state index contributed by atoms with van der Waals surface area (Å²) in [6.45, 7) is 17.4. The molecule has 0 atom stereocenters. The molecule has 0 fully saturated rings. The molecule has 2 aromatic carbocycles. The van der Waals surface area contributed by atoms with Gasteiger partial charge in [0.1, 0.15) is 12.4 Å². The second-order valence-electron chi connectivity index (χ2n) is 7.91. The van der Waals surface area contributed by atoms with Gasteiger partial charge in [0.15, 0.2) is 0 Å². The van der Waals surface area contributed by atoms with E-state index in [0.717, 1.165) is 32.0 Å². The maximum atomic E-state index is 6.09. The van der Waals surface area contributed by atoms with Crippen molar-refractivity contribution < 1.29 is 4.74 Å². The molecule has 160 valence electrons. The number of hydrogen-bond acceptors (Lipinski definition) is 2. The quantitative estimate of drug-likeness (QED) is 0.385. The van der Waals surface area contributed by atoms with E-state index in [1.165, 1.54) is 22.3 Å². The van der Waals surface area contributed by atoms with Crippen LogP contribution < -0.4 is 4.74 Å². The monoisotopic (exact) mass is 415 g/mol. The fourth-order valence-corrected chi connectivity index (χ4v) is 3.80. The number of halogens is 1. The predicted octanol–water partition coefficient (Wildman–Crippen LogP) is 7.05. The van der Waals surface area contributed by atoms with Gasteiger partial charge < -0.3 is 9.64 Å². The van der Waals surface area contributed by atoms with Gasteiger partial charge in [0, 0.05) is 6.54 Å². The summed E-state index contributed by atoms with van der Waals surface area (Å²) in [5.41, 5.74) is 5.42. The Morgan fingerprint density at radius 2 is 1.34 bits per heavy atom. The fourth-order valence-electron chi connectivity index (χ4n) is 3.80. The third-order valence-corrected chi connectivity index (χ3v) is 5.25. The Labute approximate surface area is 184 Å². The highest BCUT2D eigenvalue weighted by Crippen LogP contribution is 2.37. The summed E-state index contributed by atoms with van der Waals surface area (Å²) in [5.74, 6) is 1.84. The normalized spacial score (nSPS) is 12.2. The van der Waals surface area contributed by atoms with Crippen molar-refractivity contribution in [2.24, 2.45) is 11.8 Å². The average molecular weight is 416 g/mol. The van der Waals surface area contributed by atoms with Crippen LogP contribution in [-0.4, -0.2) is 31.1 Å². The van der Waals surface area contributed by atoms with E-state index >= 15 is 0 Å². The van der Waals surface area contributed by atoms with E-state index in [9.17, 15) is 0 Å². The third kappa shape index (κ3) is 7.21. The van der Waals surface area contributed by atoms with Crippen molar-refractivity contribution in [2.45, 2.75) is 41.5 Å². The lowest BCUT2D eigenvalue weighted by Crippen LogP contribution is -2.27. The summed E-state index contributed by atoms with van der Waals surface area (Å²) in [6.07, 6.45) is 0. The molecule has 0 unspecified atom stereocenters. The van der Waals surface area contributed by atoms with Crippen LogP contribution in [0.3, 0.4) is 0 Å². The first-order valence-electron chi connectivity index (χ1n) is 10.7. The fraction of sp³-hybridized carbons (Fsp3) is 0.462. The van der Waals surface area contributed by atoms with E-state index in [-0.39, 0.29) is 12.4 Å². The van der Waals surface area contributed by atoms with E-state index in [1.807, 2.05) is 0 Å². The Kier molecular flexibility index (Phi) is 11.1. The first-order chi connectivity index (χ1) is 13.5. The lowest BCUT2D eigenvalue weighted by molar-refractivity contribution is 0.223. The Balaban J connectivity index is 0.00000420. The highest BCUT2D eigenvalue weighted by Gasteiger charge is 2.18. The summed E-state index contributed by atoms with van der Waals surface area (Å²) >= 11 is 0. The van der Waals surface area contributed by atoms with Gasteiger partial charge in [-0.25, -0.2) is 0 Å². The number of nitrogens with zero attached hydrogens (tertiary/aromatic N) is 1. The summed E-state index contributed by atoms with van der Waals surface area (Å²) in [6, 6.07) is 19.4. The van der Waals surface area contributed by atoms with Crippen molar-refractivity contribution >= 4 is 23.6 Å². The maximum absolute atomic E-state index is 6.09. The van der Waals surface area contributed by atoms with Gasteiger partial charge in [-0.1, -0.05) is 84.0 Å². The average Bonchev–Trinajstić information content (AvgIpc) is 2.69. The van der Waals surface area contributed by atoms with Crippen LogP contribution in [0.15, 0.2) is 54.6 Å². The number of allylic oxidation sites excluding steroid dienone is 2. The number of ether oxygens (including phenoxy) is 1. The van der Waals surface area contributed by atoms with Gasteiger partial charge in [0.05, 0.1) is 0 Å². The van der Waals surface area contributed by atoms with Crippen LogP contribution in [0.25, 0.3) is 11.1 Å².